The van der Waals surface area contributed by atoms with Crippen LogP contribution in [-0.2, 0) is 9.59 Å². The number of rotatable bonds is 3. The van der Waals surface area contributed by atoms with Gasteiger partial charge >= 0.3 is 0 Å². The van der Waals surface area contributed by atoms with Crippen molar-refractivity contribution in [3.63, 3.8) is 0 Å². The Hall–Kier alpha value is -3.08. The third-order valence-corrected chi connectivity index (χ3v) is 2.98. The monoisotopic (exact) mass is 281 g/mol. The predicted molar refractivity (Wildman–Crippen MR) is 76.3 cm³/mol. The minimum absolute atomic E-state index is 0.163. The van der Waals surface area contributed by atoms with E-state index < -0.39 is 0 Å². The molecule has 1 aliphatic heterocycles. The van der Waals surface area contributed by atoms with Crippen LogP contribution in [0.5, 0.6) is 17.2 Å². The number of hydrogen-bond acceptors (Lipinski definition) is 4. The molecule has 104 valence electrons. The fraction of sp³-hybridized carbons (Fsp3) is 0. The Labute approximate surface area is 120 Å². The van der Waals surface area contributed by atoms with Crippen molar-refractivity contribution in [3.05, 3.63) is 60.7 Å². The van der Waals surface area contributed by atoms with E-state index in [0.717, 1.165) is 4.90 Å². The van der Waals surface area contributed by atoms with E-state index >= 15 is 0 Å². The van der Waals surface area contributed by atoms with Gasteiger partial charge in [-0.3, -0.25) is 9.59 Å². The Bertz CT molecular complexity index is 699. The van der Waals surface area contributed by atoms with E-state index in [1.165, 1.54) is 24.3 Å². The molecule has 0 atom stereocenters. The second kappa shape index (κ2) is 5.13. The molecule has 0 unspecified atom stereocenters. The Kier molecular flexibility index (Phi) is 3.16. The SMILES string of the molecule is O=C1C=CC(=O)N1c1ccc(Oc2ccc(O)cc2)cc1. The summed E-state index contributed by atoms with van der Waals surface area (Å²) in [6.07, 6.45) is 2.48. The molecule has 1 heterocycles. The number of hydrogen-bond donors (Lipinski definition) is 1. The van der Waals surface area contributed by atoms with Crippen LogP contribution in [0, 0.1) is 0 Å². The Morgan fingerprint density at radius 3 is 1.76 bits per heavy atom. The van der Waals surface area contributed by atoms with Crippen molar-refractivity contribution in [1.82, 2.24) is 0 Å². The highest BCUT2D eigenvalue weighted by Crippen LogP contribution is 2.26. The fourth-order valence-electron chi connectivity index (χ4n) is 1.97. The molecule has 2 aromatic rings. The lowest BCUT2D eigenvalue weighted by molar-refractivity contribution is -0.119. The number of amides is 2. The van der Waals surface area contributed by atoms with E-state index in [-0.39, 0.29) is 17.6 Å². The topological polar surface area (TPSA) is 66.8 Å². The smallest absolute Gasteiger partial charge is 0.258 e. The largest absolute Gasteiger partial charge is 0.508 e. The molecule has 0 radical (unpaired) electrons. The summed E-state index contributed by atoms with van der Waals surface area (Å²) >= 11 is 0. The van der Waals surface area contributed by atoms with Crippen molar-refractivity contribution in [1.29, 1.82) is 0 Å². The van der Waals surface area contributed by atoms with Crippen LogP contribution in [0.25, 0.3) is 0 Å². The van der Waals surface area contributed by atoms with Crippen molar-refractivity contribution in [3.8, 4) is 17.2 Å². The van der Waals surface area contributed by atoms with Crippen LogP contribution < -0.4 is 9.64 Å². The number of imide groups is 1. The van der Waals surface area contributed by atoms with Crippen molar-refractivity contribution >= 4 is 17.5 Å². The molecule has 3 rings (SSSR count). The maximum atomic E-state index is 11.6. The number of phenolic OH excluding ortho intramolecular Hbond substituents is 1. The first kappa shape index (κ1) is 12.9. The Balaban J connectivity index is 1.77. The van der Waals surface area contributed by atoms with Crippen molar-refractivity contribution < 1.29 is 19.4 Å². The summed E-state index contributed by atoms with van der Waals surface area (Å²) in [6.45, 7) is 0. The summed E-state index contributed by atoms with van der Waals surface area (Å²) in [5, 5.41) is 9.20. The average molecular weight is 281 g/mol. The molecule has 0 spiro atoms. The van der Waals surface area contributed by atoms with Crippen LogP contribution >= 0.6 is 0 Å². The fourth-order valence-corrected chi connectivity index (χ4v) is 1.97. The standard InChI is InChI=1S/C16H11NO4/c18-12-3-7-14(8-4-12)21-13-5-1-11(2-6-13)17-15(19)9-10-16(17)20/h1-10,18H. The molecule has 1 N–H and O–H groups in total. The summed E-state index contributed by atoms with van der Waals surface area (Å²) in [5.41, 5.74) is 0.494. The van der Waals surface area contributed by atoms with Gasteiger partial charge in [-0.15, -0.1) is 0 Å². The molecule has 0 fully saturated rings. The maximum absolute atomic E-state index is 11.6. The van der Waals surface area contributed by atoms with Gasteiger partial charge in [-0.1, -0.05) is 0 Å². The lowest BCUT2D eigenvalue weighted by Gasteiger charge is -2.14. The van der Waals surface area contributed by atoms with Gasteiger partial charge in [0.2, 0.25) is 0 Å². The van der Waals surface area contributed by atoms with Gasteiger partial charge < -0.3 is 9.84 Å². The Morgan fingerprint density at radius 2 is 1.24 bits per heavy atom. The van der Waals surface area contributed by atoms with Crippen LogP contribution in [0.15, 0.2) is 60.7 Å². The van der Waals surface area contributed by atoms with E-state index in [2.05, 4.69) is 0 Å². The van der Waals surface area contributed by atoms with Gasteiger partial charge in [0.15, 0.2) is 0 Å². The van der Waals surface area contributed by atoms with E-state index in [1.807, 2.05) is 0 Å². The molecule has 0 saturated carbocycles. The number of carbonyl (C=O) groups excluding carboxylic acids is 2. The lowest BCUT2D eigenvalue weighted by Crippen LogP contribution is -2.29. The number of phenols is 1. The maximum Gasteiger partial charge on any atom is 0.258 e. The first-order valence-corrected chi connectivity index (χ1v) is 6.26. The second-order valence-corrected chi connectivity index (χ2v) is 4.44. The first-order valence-electron chi connectivity index (χ1n) is 6.26. The number of aromatic hydroxyl groups is 1. The molecule has 0 aliphatic carbocycles. The van der Waals surface area contributed by atoms with Crippen LogP contribution in [-0.4, -0.2) is 16.9 Å². The lowest BCUT2D eigenvalue weighted by atomic mass is 10.2. The quantitative estimate of drug-likeness (QED) is 0.878. The highest BCUT2D eigenvalue weighted by molar-refractivity contribution is 6.28. The van der Waals surface area contributed by atoms with E-state index in [0.29, 0.717) is 17.2 Å². The van der Waals surface area contributed by atoms with Crippen LogP contribution in [0.4, 0.5) is 5.69 Å². The zero-order valence-corrected chi connectivity index (χ0v) is 10.9. The highest BCUT2D eigenvalue weighted by atomic mass is 16.5. The van der Waals surface area contributed by atoms with Crippen molar-refractivity contribution in [2.24, 2.45) is 0 Å². The average Bonchev–Trinajstić information content (AvgIpc) is 2.82. The number of anilines is 1. The molecule has 0 saturated heterocycles. The van der Waals surface area contributed by atoms with Gasteiger partial charge in [-0.25, -0.2) is 4.90 Å². The van der Waals surface area contributed by atoms with E-state index in [1.54, 1.807) is 36.4 Å². The van der Waals surface area contributed by atoms with E-state index in [4.69, 9.17) is 4.74 Å². The molecular weight excluding hydrogens is 270 g/mol. The van der Waals surface area contributed by atoms with Gasteiger partial charge in [-0.05, 0) is 48.5 Å². The van der Waals surface area contributed by atoms with Gasteiger partial charge in [0.1, 0.15) is 17.2 Å². The molecule has 1 aliphatic rings. The summed E-state index contributed by atoms with van der Waals surface area (Å²) in [6, 6.07) is 12.9. The van der Waals surface area contributed by atoms with Crippen LogP contribution in [0.2, 0.25) is 0 Å². The normalized spacial score (nSPS) is 13.8. The second-order valence-electron chi connectivity index (χ2n) is 4.44. The summed E-state index contributed by atoms with van der Waals surface area (Å²) in [5.74, 6) is 0.600. The van der Waals surface area contributed by atoms with Crippen molar-refractivity contribution in [2.75, 3.05) is 4.90 Å². The number of nitrogens with zero attached hydrogens (tertiary/aromatic N) is 1. The van der Waals surface area contributed by atoms with Gasteiger partial charge in [-0.2, -0.15) is 0 Å². The minimum Gasteiger partial charge on any atom is -0.508 e. The highest BCUT2D eigenvalue weighted by Gasteiger charge is 2.24. The zero-order valence-electron chi connectivity index (χ0n) is 10.9. The summed E-state index contributed by atoms with van der Waals surface area (Å²) in [4.78, 5) is 24.2. The molecule has 21 heavy (non-hydrogen) atoms. The molecule has 0 aromatic heterocycles. The van der Waals surface area contributed by atoms with E-state index in [9.17, 15) is 14.7 Å². The van der Waals surface area contributed by atoms with Crippen LogP contribution in [0.3, 0.4) is 0 Å². The van der Waals surface area contributed by atoms with Gasteiger partial charge in [0.25, 0.3) is 11.8 Å². The van der Waals surface area contributed by atoms with Crippen LogP contribution in [0.1, 0.15) is 0 Å². The van der Waals surface area contributed by atoms with Gasteiger partial charge in [0, 0.05) is 12.2 Å². The molecule has 2 amide bonds. The number of ether oxygens (including phenoxy) is 1. The third kappa shape index (κ3) is 2.62. The predicted octanol–water partition coefficient (Wildman–Crippen LogP) is 2.61. The first-order chi connectivity index (χ1) is 10.1. The number of carbonyl (C=O) groups is 2. The minimum atomic E-state index is -0.354. The third-order valence-electron chi connectivity index (χ3n) is 2.98. The molecular formula is C16H11NO4. The van der Waals surface area contributed by atoms with Gasteiger partial charge in [0.05, 0.1) is 5.69 Å². The zero-order chi connectivity index (χ0) is 14.8. The summed E-state index contributed by atoms with van der Waals surface area (Å²) in [7, 11) is 0. The molecule has 5 heteroatoms. The molecule has 5 nitrogen and oxygen atoms in total. The summed E-state index contributed by atoms with van der Waals surface area (Å²) < 4.78 is 5.59. The molecule has 0 bridgehead atoms. The number of benzene rings is 2. The molecule has 2 aromatic carbocycles. The van der Waals surface area contributed by atoms with Crippen molar-refractivity contribution in [2.45, 2.75) is 0 Å². The Morgan fingerprint density at radius 1 is 0.762 bits per heavy atom.